The number of carboxylic acid groups (broad SMARTS) is 1. The van der Waals surface area contributed by atoms with Crippen LogP contribution in [0.3, 0.4) is 0 Å². The maximum atomic E-state index is 9.52. The van der Waals surface area contributed by atoms with Crippen molar-refractivity contribution in [3.63, 3.8) is 0 Å². The number of nitrogens with zero attached hydrogens (tertiary/aromatic N) is 4. The highest BCUT2D eigenvalue weighted by Gasteiger charge is 2.17. The molecule has 0 saturated carbocycles. The number of anilines is 1. The maximum absolute atomic E-state index is 9.52. The first-order valence-corrected chi connectivity index (χ1v) is 11.2. The number of nitriles is 1. The fraction of sp³-hybridized carbons (Fsp3) is 0.636. The van der Waals surface area contributed by atoms with Crippen LogP contribution in [0, 0.1) is 11.3 Å². The number of unbranched alkanes of at least 4 members (excludes halogenated alkanes) is 3. The Morgan fingerprint density at radius 2 is 1.97 bits per heavy atom. The molecule has 9 nitrogen and oxygen atoms in total. The van der Waals surface area contributed by atoms with Gasteiger partial charge in [-0.1, -0.05) is 26.2 Å². The highest BCUT2D eigenvalue weighted by Crippen LogP contribution is 2.27. The number of hydrogen-bond acceptors (Lipinski definition) is 7. The minimum absolute atomic E-state index is 0.250. The predicted octanol–water partition coefficient (Wildman–Crippen LogP) is 3.49. The monoisotopic (exact) mass is 430 g/mol. The van der Waals surface area contributed by atoms with Gasteiger partial charge in [-0.25, -0.2) is 0 Å². The second-order valence-electron chi connectivity index (χ2n) is 7.73. The maximum Gasteiger partial charge on any atom is 0.319 e. The molecule has 3 rings (SSSR count). The molecule has 0 bridgehead atoms. The van der Waals surface area contributed by atoms with Gasteiger partial charge in [0.05, 0.1) is 6.61 Å². The standard InChI is InChI=1S/C21H32N6O.CH2O2/c1-2-3-14-28-21-25-18-16(17(15-22)24-19(18)20(23)26-21)10-6-4-7-11-27-12-8-5-9-13-27;2-1-3/h24H,2-14H2,1H3,(H2,23,25,26);1H,(H,2,3). The minimum Gasteiger partial charge on any atom is -0.483 e. The van der Waals surface area contributed by atoms with Crippen molar-refractivity contribution in [2.75, 3.05) is 32.0 Å². The summed E-state index contributed by atoms with van der Waals surface area (Å²) in [6, 6.07) is 2.55. The molecule has 1 fully saturated rings. The van der Waals surface area contributed by atoms with Crippen LogP contribution >= 0.6 is 0 Å². The zero-order valence-corrected chi connectivity index (χ0v) is 18.4. The van der Waals surface area contributed by atoms with E-state index in [0.29, 0.717) is 29.6 Å². The van der Waals surface area contributed by atoms with Crippen LogP contribution in [-0.2, 0) is 11.2 Å². The summed E-state index contributed by atoms with van der Waals surface area (Å²) in [7, 11) is 0. The van der Waals surface area contributed by atoms with Crippen molar-refractivity contribution in [3.8, 4) is 12.1 Å². The van der Waals surface area contributed by atoms with E-state index in [9.17, 15) is 5.26 Å². The Bertz CT molecular complexity index is 855. The third-order valence-electron chi connectivity index (χ3n) is 5.44. The molecule has 3 heterocycles. The van der Waals surface area contributed by atoms with Crippen LogP contribution in [0.15, 0.2) is 0 Å². The number of nitrogen functional groups attached to an aromatic ring is 1. The van der Waals surface area contributed by atoms with E-state index in [4.69, 9.17) is 20.4 Å². The van der Waals surface area contributed by atoms with Crippen LogP contribution in [0.5, 0.6) is 6.01 Å². The van der Waals surface area contributed by atoms with Crippen LogP contribution in [0.2, 0.25) is 0 Å². The molecule has 1 aliphatic heterocycles. The first kappa shape index (κ1) is 24.4. The summed E-state index contributed by atoms with van der Waals surface area (Å²) in [6.07, 6.45) is 10.2. The fourth-order valence-electron chi connectivity index (χ4n) is 3.83. The summed E-state index contributed by atoms with van der Waals surface area (Å²) in [5.41, 5.74) is 8.92. The van der Waals surface area contributed by atoms with E-state index in [1.807, 2.05) is 0 Å². The first-order chi connectivity index (χ1) is 15.1. The van der Waals surface area contributed by atoms with Gasteiger partial charge in [-0.2, -0.15) is 15.2 Å². The van der Waals surface area contributed by atoms with E-state index in [1.54, 1.807) is 0 Å². The Hall–Kier alpha value is -2.86. The molecule has 0 unspecified atom stereocenters. The Balaban J connectivity index is 0.00000107. The van der Waals surface area contributed by atoms with Crippen LogP contribution < -0.4 is 10.5 Å². The van der Waals surface area contributed by atoms with E-state index in [1.165, 1.54) is 45.3 Å². The lowest BCUT2D eigenvalue weighted by atomic mass is 10.1. The lowest BCUT2D eigenvalue weighted by Crippen LogP contribution is -2.30. The molecule has 9 heteroatoms. The van der Waals surface area contributed by atoms with E-state index >= 15 is 0 Å². The Morgan fingerprint density at radius 3 is 2.65 bits per heavy atom. The second kappa shape index (κ2) is 13.4. The van der Waals surface area contributed by atoms with E-state index in [2.05, 4.69) is 32.8 Å². The van der Waals surface area contributed by atoms with Crippen LogP contribution in [0.1, 0.15) is 69.5 Å². The summed E-state index contributed by atoms with van der Waals surface area (Å²) < 4.78 is 5.64. The third-order valence-corrected chi connectivity index (χ3v) is 5.44. The van der Waals surface area contributed by atoms with Gasteiger partial charge in [-0.15, -0.1) is 0 Å². The van der Waals surface area contributed by atoms with Gasteiger partial charge in [0.1, 0.15) is 22.8 Å². The third kappa shape index (κ3) is 7.40. The molecule has 170 valence electrons. The molecule has 4 N–H and O–H groups in total. The van der Waals surface area contributed by atoms with Gasteiger partial charge < -0.3 is 25.5 Å². The number of carbonyl (C=O) groups is 1. The number of likely N-dealkylation sites (tertiary alicyclic amines) is 1. The lowest BCUT2D eigenvalue weighted by molar-refractivity contribution is -0.122. The number of fused-ring (bicyclic) bond motifs is 1. The van der Waals surface area contributed by atoms with Crippen molar-refractivity contribution >= 4 is 23.3 Å². The van der Waals surface area contributed by atoms with Crippen molar-refractivity contribution in [1.29, 1.82) is 5.26 Å². The number of H-pyrrole nitrogens is 1. The Labute approximate surface area is 183 Å². The molecule has 0 atom stereocenters. The summed E-state index contributed by atoms with van der Waals surface area (Å²) >= 11 is 0. The van der Waals surface area contributed by atoms with E-state index in [-0.39, 0.29) is 6.47 Å². The first-order valence-electron chi connectivity index (χ1n) is 11.2. The van der Waals surface area contributed by atoms with Crippen LogP contribution in [0.25, 0.3) is 11.0 Å². The smallest absolute Gasteiger partial charge is 0.319 e. The number of nitrogens with one attached hydrogen (secondary N) is 1. The van der Waals surface area contributed by atoms with Crippen molar-refractivity contribution in [2.24, 2.45) is 0 Å². The van der Waals surface area contributed by atoms with Crippen molar-refractivity contribution in [3.05, 3.63) is 11.3 Å². The molecule has 2 aromatic rings. The molecule has 1 saturated heterocycles. The molecule has 0 aromatic carbocycles. The topological polar surface area (TPSA) is 141 Å². The highest BCUT2D eigenvalue weighted by molar-refractivity contribution is 5.89. The minimum atomic E-state index is -0.250. The number of aromatic nitrogens is 3. The number of rotatable bonds is 10. The van der Waals surface area contributed by atoms with E-state index in [0.717, 1.165) is 43.2 Å². The fourth-order valence-corrected chi connectivity index (χ4v) is 3.83. The lowest BCUT2D eigenvalue weighted by Gasteiger charge is -2.26. The average Bonchev–Trinajstić information content (AvgIpc) is 3.13. The zero-order chi connectivity index (χ0) is 22.5. The SMILES string of the molecule is CCCCOc1nc(N)c2[nH]c(C#N)c(CCCCCN3CCCCC3)c2n1.O=CO. The average molecular weight is 431 g/mol. The number of ether oxygens (including phenoxy) is 1. The predicted molar refractivity (Wildman–Crippen MR) is 120 cm³/mol. The van der Waals surface area contributed by atoms with Gasteiger partial charge in [0.25, 0.3) is 6.47 Å². The highest BCUT2D eigenvalue weighted by atomic mass is 16.5. The molecule has 1 aliphatic rings. The molecule has 31 heavy (non-hydrogen) atoms. The van der Waals surface area contributed by atoms with Gasteiger partial charge >= 0.3 is 6.01 Å². The largest absolute Gasteiger partial charge is 0.483 e. The summed E-state index contributed by atoms with van der Waals surface area (Å²) in [4.78, 5) is 22.8. The Kier molecular flexibility index (Phi) is 10.6. The number of hydrogen-bond donors (Lipinski definition) is 3. The number of nitrogens with two attached hydrogens (primary N) is 1. The Morgan fingerprint density at radius 1 is 1.23 bits per heavy atom. The van der Waals surface area contributed by atoms with Gasteiger partial charge in [-0.05, 0) is 58.2 Å². The molecule has 0 aliphatic carbocycles. The summed E-state index contributed by atoms with van der Waals surface area (Å²) in [5.74, 6) is 0.337. The molecular weight excluding hydrogens is 396 g/mol. The summed E-state index contributed by atoms with van der Waals surface area (Å²) in [5, 5.41) is 16.4. The van der Waals surface area contributed by atoms with Gasteiger partial charge in [0.2, 0.25) is 0 Å². The van der Waals surface area contributed by atoms with Crippen LogP contribution in [0.4, 0.5) is 5.82 Å². The van der Waals surface area contributed by atoms with Crippen molar-refractivity contribution in [2.45, 2.75) is 64.7 Å². The number of piperidine rings is 1. The van der Waals surface area contributed by atoms with Gasteiger partial charge in [-0.3, -0.25) is 4.79 Å². The van der Waals surface area contributed by atoms with Crippen molar-refractivity contribution in [1.82, 2.24) is 19.9 Å². The second-order valence-corrected chi connectivity index (χ2v) is 7.73. The normalized spacial score (nSPS) is 13.9. The van der Waals surface area contributed by atoms with Gasteiger partial charge in [0.15, 0.2) is 5.82 Å². The van der Waals surface area contributed by atoms with Gasteiger partial charge in [0, 0.05) is 5.56 Å². The molecule has 0 amide bonds. The number of aromatic amines is 1. The van der Waals surface area contributed by atoms with Crippen molar-refractivity contribution < 1.29 is 14.6 Å². The zero-order valence-electron chi connectivity index (χ0n) is 18.4. The summed E-state index contributed by atoms with van der Waals surface area (Å²) in [6.45, 7) is 6.11. The van der Waals surface area contributed by atoms with E-state index < -0.39 is 0 Å². The quantitative estimate of drug-likeness (QED) is 0.384. The molecule has 0 radical (unpaired) electrons. The van der Waals surface area contributed by atoms with Crippen LogP contribution in [-0.4, -0.2) is 57.7 Å². The molecule has 2 aromatic heterocycles. The molecular formula is C22H34N6O3. The number of aryl methyl sites for hydroxylation is 1. The molecule has 0 spiro atoms.